The van der Waals surface area contributed by atoms with Crippen molar-refractivity contribution in [1.82, 2.24) is 9.78 Å². The number of halogens is 5. The quantitative estimate of drug-likeness (QED) is 0.769. The minimum absolute atomic E-state index is 0.652. The maximum atomic E-state index is 12.9. The van der Waals surface area contributed by atoms with Gasteiger partial charge in [-0.2, -0.15) is 18.3 Å². The van der Waals surface area contributed by atoms with Gasteiger partial charge in [0.1, 0.15) is 5.69 Å². The highest BCUT2D eigenvalue weighted by molar-refractivity contribution is 5.37. The molecule has 0 bridgehead atoms. The van der Waals surface area contributed by atoms with Crippen LogP contribution in [0.3, 0.4) is 0 Å². The van der Waals surface area contributed by atoms with Crippen LogP contribution in [0.25, 0.3) is 0 Å². The van der Waals surface area contributed by atoms with Crippen molar-refractivity contribution in [1.29, 1.82) is 0 Å². The third-order valence-corrected chi connectivity index (χ3v) is 2.19. The van der Waals surface area contributed by atoms with Crippen LogP contribution in [0, 0.1) is 0 Å². The molecule has 0 aliphatic carbocycles. The summed E-state index contributed by atoms with van der Waals surface area (Å²) < 4.78 is 68.9. The van der Waals surface area contributed by atoms with E-state index < -0.39 is 35.3 Å². The molecule has 18 heavy (non-hydrogen) atoms. The molecule has 0 aliphatic rings. The van der Waals surface area contributed by atoms with Crippen LogP contribution in [0.2, 0.25) is 0 Å². The molecule has 0 amide bonds. The fraction of sp³-hybridized carbons (Fsp3) is 0.700. The van der Waals surface area contributed by atoms with Crippen LogP contribution in [-0.4, -0.2) is 16.9 Å². The van der Waals surface area contributed by atoms with Gasteiger partial charge in [0.05, 0.1) is 12.6 Å². The zero-order chi connectivity index (χ0) is 14.3. The zero-order valence-corrected chi connectivity index (χ0v) is 10.3. The lowest BCUT2D eigenvalue weighted by Crippen LogP contribution is -2.26. The van der Waals surface area contributed by atoms with Crippen LogP contribution in [0.5, 0.6) is 5.75 Å². The van der Waals surface area contributed by atoms with E-state index in [0.717, 1.165) is 7.11 Å². The molecule has 0 spiro atoms. The van der Waals surface area contributed by atoms with E-state index in [1.165, 1.54) is 20.8 Å². The first-order chi connectivity index (χ1) is 8.00. The molecule has 0 aromatic carbocycles. The summed E-state index contributed by atoms with van der Waals surface area (Å²) in [4.78, 5) is 0. The fourth-order valence-corrected chi connectivity index (χ4v) is 1.51. The molecule has 0 saturated heterocycles. The van der Waals surface area contributed by atoms with E-state index in [4.69, 9.17) is 0 Å². The lowest BCUT2D eigenvalue weighted by atomic mass is 10.1. The van der Waals surface area contributed by atoms with Crippen molar-refractivity contribution in [3.8, 4) is 5.75 Å². The maximum Gasteiger partial charge on any atom is 0.438 e. The number of nitrogens with zero attached hydrogens (tertiary/aromatic N) is 2. The van der Waals surface area contributed by atoms with Gasteiger partial charge in [-0.05, 0) is 20.8 Å². The van der Waals surface area contributed by atoms with Gasteiger partial charge in [-0.25, -0.2) is 8.78 Å². The number of aromatic nitrogens is 2. The monoisotopic (exact) mass is 272 g/mol. The molecular weight excluding hydrogens is 259 g/mol. The Labute approximate surface area is 101 Å². The minimum atomic E-state index is -4.84. The molecule has 0 aliphatic heterocycles. The molecule has 8 heteroatoms. The predicted molar refractivity (Wildman–Crippen MR) is 53.7 cm³/mol. The molecule has 0 unspecified atom stereocenters. The molecule has 3 nitrogen and oxygen atoms in total. The minimum Gasteiger partial charge on any atom is -0.492 e. The van der Waals surface area contributed by atoms with Crippen molar-refractivity contribution >= 4 is 0 Å². The standard InChI is InChI=1S/C10H13F5N2O/c1-9(2,3)17-5(8(11)12)6(18-4)7(16-17)10(13,14)15/h8H,1-4H3. The SMILES string of the molecule is COc1c(C(F)(F)F)nn(C(C)(C)C)c1C(F)F. The van der Waals surface area contributed by atoms with Gasteiger partial charge in [-0.15, -0.1) is 0 Å². The molecule has 0 fully saturated rings. The van der Waals surface area contributed by atoms with Crippen LogP contribution in [0.15, 0.2) is 0 Å². The van der Waals surface area contributed by atoms with Gasteiger partial charge in [0.25, 0.3) is 6.43 Å². The van der Waals surface area contributed by atoms with Crippen molar-refractivity contribution in [2.45, 2.75) is 38.9 Å². The molecule has 1 rings (SSSR count). The summed E-state index contributed by atoms with van der Waals surface area (Å²) >= 11 is 0. The average Bonchev–Trinajstić information content (AvgIpc) is 2.54. The van der Waals surface area contributed by atoms with Crippen LogP contribution >= 0.6 is 0 Å². The Hall–Kier alpha value is -1.34. The molecule has 0 saturated carbocycles. The molecule has 0 radical (unpaired) electrons. The molecule has 104 valence electrons. The Morgan fingerprint density at radius 3 is 1.94 bits per heavy atom. The highest BCUT2D eigenvalue weighted by Crippen LogP contribution is 2.42. The van der Waals surface area contributed by atoms with E-state index in [9.17, 15) is 22.0 Å². The van der Waals surface area contributed by atoms with E-state index in [1.807, 2.05) is 0 Å². The first-order valence-electron chi connectivity index (χ1n) is 5.03. The van der Waals surface area contributed by atoms with Gasteiger partial charge < -0.3 is 4.74 Å². The van der Waals surface area contributed by atoms with Gasteiger partial charge in [0.15, 0.2) is 5.75 Å². The van der Waals surface area contributed by atoms with Crippen molar-refractivity contribution in [2.75, 3.05) is 7.11 Å². The zero-order valence-electron chi connectivity index (χ0n) is 10.3. The highest BCUT2D eigenvalue weighted by Gasteiger charge is 2.43. The summed E-state index contributed by atoms with van der Waals surface area (Å²) in [7, 11) is 0.908. The second-order valence-electron chi connectivity index (χ2n) is 4.65. The van der Waals surface area contributed by atoms with Gasteiger partial charge in [-0.3, -0.25) is 4.68 Å². The summed E-state index contributed by atoms with van der Waals surface area (Å²) in [6.45, 7) is 4.43. The highest BCUT2D eigenvalue weighted by atomic mass is 19.4. The van der Waals surface area contributed by atoms with Crippen molar-refractivity contribution in [3.63, 3.8) is 0 Å². The van der Waals surface area contributed by atoms with Crippen LogP contribution in [0.4, 0.5) is 22.0 Å². The van der Waals surface area contributed by atoms with Gasteiger partial charge in [0.2, 0.25) is 5.69 Å². The molecule has 0 N–H and O–H groups in total. The lowest BCUT2D eigenvalue weighted by molar-refractivity contribution is -0.142. The Bertz CT molecular complexity index is 431. The Kier molecular flexibility index (Phi) is 3.60. The molecule has 1 aromatic rings. The van der Waals surface area contributed by atoms with Crippen LogP contribution < -0.4 is 4.74 Å². The summed E-state index contributed by atoms with van der Waals surface area (Å²) in [6, 6.07) is 0. The Morgan fingerprint density at radius 1 is 1.17 bits per heavy atom. The Morgan fingerprint density at radius 2 is 1.67 bits per heavy atom. The van der Waals surface area contributed by atoms with Crippen LogP contribution in [0.1, 0.15) is 38.6 Å². The smallest absolute Gasteiger partial charge is 0.438 e. The number of hydrogen-bond donors (Lipinski definition) is 0. The van der Waals surface area contributed by atoms with Crippen molar-refractivity contribution in [3.05, 3.63) is 11.4 Å². The summed E-state index contributed by atoms with van der Waals surface area (Å²) in [5.74, 6) is -0.924. The molecule has 1 aromatic heterocycles. The topological polar surface area (TPSA) is 27.1 Å². The molecule has 0 atom stereocenters. The largest absolute Gasteiger partial charge is 0.492 e. The number of ether oxygens (including phenoxy) is 1. The van der Waals surface area contributed by atoms with E-state index in [2.05, 4.69) is 9.84 Å². The van der Waals surface area contributed by atoms with E-state index in [0.29, 0.717) is 4.68 Å². The predicted octanol–water partition coefficient (Wildman–Crippen LogP) is 3.60. The van der Waals surface area contributed by atoms with E-state index >= 15 is 0 Å². The normalized spacial score (nSPS) is 13.2. The van der Waals surface area contributed by atoms with Gasteiger partial charge in [0, 0.05) is 0 Å². The van der Waals surface area contributed by atoms with Gasteiger partial charge >= 0.3 is 6.18 Å². The summed E-state index contributed by atoms with van der Waals surface area (Å²) in [5.41, 5.74) is -3.31. The van der Waals surface area contributed by atoms with E-state index in [1.54, 1.807) is 0 Å². The van der Waals surface area contributed by atoms with Crippen molar-refractivity contribution < 1.29 is 26.7 Å². The average molecular weight is 272 g/mol. The van der Waals surface area contributed by atoms with Crippen molar-refractivity contribution in [2.24, 2.45) is 0 Å². The maximum absolute atomic E-state index is 12.9. The molecule has 1 heterocycles. The number of rotatable bonds is 2. The second-order valence-corrected chi connectivity index (χ2v) is 4.65. The molecular formula is C10H13F5N2O. The number of alkyl halides is 5. The summed E-state index contributed by atoms with van der Waals surface area (Å²) in [6.07, 6.45) is -7.95. The third-order valence-electron chi connectivity index (χ3n) is 2.19. The first kappa shape index (κ1) is 14.7. The number of methoxy groups -OCH3 is 1. The fourth-order valence-electron chi connectivity index (χ4n) is 1.51. The number of hydrogen-bond acceptors (Lipinski definition) is 2. The van der Waals surface area contributed by atoms with E-state index in [-0.39, 0.29) is 0 Å². The second kappa shape index (κ2) is 4.40. The first-order valence-corrected chi connectivity index (χ1v) is 5.03. The lowest BCUT2D eigenvalue weighted by Gasteiger charge is -2.22. The Balaban J connectivity index is 3.60. The van der Waals surface area contributed by atoms with Gasteiger partial charge in [-0.1, -0.05) is 0 Å². The van der Waals surface area contributed by atoms with Crippen LogP contribution in [-0.2, 0) is 11.7 Å². The summed E-state index contributed by atoms with van der Waals surface area (Å²) in [5, 5.41) is 3.23. The third kappa shape index (κ3) is 2.56.